The van der Waals surface area contributed by atoms with Crippen LogP contribution in [0.5, 0.6) is 0 Å². The highest BCUT2D eigenvalue weighted by molar-refractivity contribution is 5.63. The summed E-state index contributed by atoms with van der Waals surface area (Å²) in [4.78, 5) is 7.95. The summed E-state index contributed by atoms with van der Waals surface area (Å²) >= 11 is 0. The van der Waals surface area contributed by atoms with Crippen molar-refractivity contribution in [3.63, 3.8) is 0 Å². The molecule has 158 valence electrons. The largest absolute Gasteiger partial charge is 0.421 e. The van der Waals surface area contributed by atoms with Gasteiger partial charge in [-0.15, -0.1) is 0 Å². The number of hydrogen-bond acceptors (Lipinski definition) is 4. The lowest BCUT2D eigenvalue weighted by Crippen LogP contribution is -2.12. The van der Waals surface area contributed by atoms with E-state index in [9.17, 15) is 13.2 Å². The predicted molar refractivity (Wildman–Crippen MR) is 114 cm³/mol. The molecule has 30 heavy (non-hydrogen) atoms. The normalized spacial score (nSPS) is 11.6. The molecule has 3 rings (SSSR count). The molecule has 2 N–H and O–H groups in total. The van der Waals surface area contributed by atoms with Crippen LogP contribution in [0.4, 0.5) is 36.3 Å². The fourth-order valence-corrected chi connectivity index (χ4v) is 3.03. The second-order valence-electron chi connectivity index (χ2n) is 7.55. The maximum atomic E-state index is 13.4. The fraction of sp³-hybridized carbons (Fsp3) is 0.304. The zero-order valence-corrected chi connectivity index (χ0v) is 17.2. The Bertz CT molecular complexity index is 965. The molecular weight excluding hydrogens is 389 g/mol. The number of aromatic nitrogens is 2. The Morgan fingerprint density at radius 1 is 0.867 bits per heavy atom. The van der Waals surface area contributed by atoms with Gasteiger partial charge in [-0.2, -0.15) is 18.2 Å². The Labute approximate surface area is 174 Å². The topological polar surface area (TPSA) is 49.8 Å². The highest BCUT2D eigenvalue weighted by atomic mass is 19.4. The van der Waals surface area contributed by atoms with Gasteiger partial charge in [0.15, 0.2) is 0 Å². The van der Waals surface area contributed by atoms with Gasteiger partial charge in [-0.05, 0) is 54.2 Å². The summed E-state index contributed by atoms with van der Waals surface area (Å²) in [5.74, 6) is 0.343. The van der Waals surface area contributed by atoms with E-state index in [1.54, 1.807) is 12.1 Å². The molecule has 1 heterocycles. The van der Waals surface area contributed by atoms with Crippen LogP contribution in [0.1, 0.15) is 37.5 Å². The number of benzene rings is 2. The highest BCUT2D eigenvalue weighted by Crippen LogP contribution is 2.35. The third kappa shape index (κ3) is 5.72. The molecule has 0 spiro atoms. The van der Waals surface area contributed by atoms with Gasteiger partial charge < -0.3 is 10.6 Å². The summed E-state index contributed by atoms with van der Waals surface area (Å²) in [6.07, 6.45) is -1.96. The van der Waals surface area contributed by atoms with Gasteiger partial charge in [0.1, 0.15) is 11.4 Å². The van der Waals surface area contributed by atoms with Gasteiger partial charge in [-0.3, -0.25) is 0 Å². The van der Waals surface area contributed by atoms with Crippen LogP contribution in [0.15, 0.2) is 54.7 Å². The van der Waals surface area contributed by atoms with Crippen molar-refractivity contribution in [3.05, 3.63) is 71.4 Å². The quantitative estimate of drug-likeness (QED) is 0.449. The minimum Gasteiger partial charge on any atom is -0.340 e. The standard InChI is InChI=1S/C23H25F3N4/c1-4-16-5-9-18(10-6-16)28-21-20(23(24,25)26)14-27-22(30-21)29-19-11-7-17(8-12-19)13-15(2)3/h5-12,14-15H,4,13H2,1-3H3,(H2,27,28,29,30). The van der Waals surface area contributed by atoms with Gasteiger partial charge >= 0.3 is 6.18 Å². The molecule has 0 bridgehead atoms. The number of aryl methyl sites for hydroxylation is 1. The summed E-state index contributed by atoms with van der Waals surface area (Å²) in [5, 5.41) is 5.75. The van der Waals surface area contributed by atoms with Crippen molar-refractivity contribution < 1.29 is 13.2 Å². The fourth-order valence-electron chi connectivity index (χ4n) is 3.03. The smallest absolute Gasteiger partial charge is 0.340 e. The maximum Gasteiger partial charge on any atom is 0.421 e. The molecule has 0 fully saturated rings. The van der Waals surface area contributed by atoms with Crippen LogP contribution >= 0.6 is 0 Å². The lowest BCUT2D eigenvalue weighted by Gasteiger charge is -2.15. The van der Waals surface area contributed by atoms with Crippen LogP contribution in [0.25, 0.3) is 0 Å². The molecule has 0 atom stereocenters. The van der Waals surface area contributed by atoms with Crippen LogP contribution in [0, 0.1) is 5.92 Å². The van der Waals surface area contributed by atoms with Crippen LogP contribution in [-0.2, 0) is 19.0 Å². The van der Waals surface area contributed by atoms with Crippen LogP contribution < -0.4 is 10.6 Å². The van der Waals surface area contributed by atoms with Gasteiger partial charge in [0.2, 0.25) is 5.95 Å². The van der Waals surface area contributed by atoms with Gasteiger partial charge in [0.05, 0.1) is 0 Å². The number of halogens is 3. The van der Waals surface area contributed by atoms with E-state index in [1.165, 1.54) is 5.56 Å². The highest BCUT2D eigenvalue weighted by Gasteiger charge is 2.35. The van der Waals surface area contributed by atoms with Gasteiger partial charge in [-0.25, -0.2) is 4.98 Å². The van der Waals surface area contributed by atoms with Crippen molar-refractivity contribution in [2.75, 3.05) is 10.6 Å². The zero-order chi connectivity index (χ0) is 21.7. The van der Waals surface area contributed by atoms with Crippen LogP contribution in [0.2, 0.25) is 0 Å². The second kappa shape index (κ2) is 9.15. The van der Waals surface area contributed by atoms with Crippen LogP contribution in [-0.4, -0.2) is 9.97 Å². The van der Waals surface area contributed by atoms with Crippen molar-refractivity contribution in [1.82, 2.24) is 9.97 Å². The molecule has 0 radical (unpaired) electrons. The Morgan fingerprint density at radius 3 is 1.97 bits per heavy atom. The molecule has 0 aliphatic heterocycles. The molecule has 7 heteroatoms. The first-order valence-electron chi connectivity index (χ1n) is 9.90. The van der Waals surface area contributed by atoms with E-state index in [4.69, 9.17) is 0 Å². The van der Waals surface area contributed by atoms with E-state index in [0.29, 0.717) is 17.3 Å². The summed E-state index contributed by atoms with van der Waals surface area (Å²) in [6, 6.07) is 14.9. The predicted octanol–water partition coefficient (Wildman–Crippen LogP) is 6.74. The Kier molecular flexibility index (Phi) is 6.59. The lowest BCUT2D eigenvalue weighted by atomic mass is 10.0. The third-order valence-corrected chi connectivity index (χ3v) is 4.57. The lowest BCUT2D eigenvalue weighted by molar-refractivity contribution is -0.137. The summed E-state index contributed by atoms with van der Waals surface area (Å²) in [6.45, 7) is 6.31. The molecule has 2 aromatic carbocycles. The number of nitrogens with zero attached hydrogens (tertiary/aromatic N) is 2. The maximum absolute atomic E-state index is 13.4. The average molecular weight is 414 g/mol. The molecular formula is C23H25F3N4. The molecule has 0 amide bonds. The van der Waals surface area contributed by atoms with E-state index in [2.05, 4.69) is 34.4 Å². The van der Waals surface area contributed by atoms with E-state index < -0.39 is 11.7 Å². The first-order valence-corrected chi connectivity index (χ1v) is 9.90. The molecule has 0 saturated heterocycles. The van der Waals surface area contributed by atoms with Crippen molar-refractivity contribution in [2.45, 2.75) is 39.8 Å². The van der Waals surface area contributed by atoms with Gasteiger partial charge in [0.25, 0.3) is 0 Å². The average Bonchev–Trinajstić information content (AvgIpc) is 2.69. The molecule has 0 unspecified atom stereocenters. The van der Waals surface area contributed by atoms with Crippen molar-refractivity contribution in [1.29, 1.82) is 0 Å². The number of alkyl halides is 3. The molecule has 0 saturated carbocycles. The molecule has 0 aliphatic rings. The molecule has 1 aromatic heterocycles. The SMILES string of the molecule is CCc1ccc(Nc2nc(Nc3ccc(CC(C)C)cc3)ncc2C(F)(F)F)cc1. The third-order valence-electron chi connectivity index (χ3n) is 4.57. The minimum absolute atomic E-state index is 0.0901. The van der Waals surface area contributed by atoms with E-state index in [-0.39, 0.29) is 11.8 Å². The van der Waals surface area contributed by atoms with E-state index in [1.807, 2.05) is 43.3 Å². The number of rotatable bonds is 7. The number of hydrogen-bond donors (Lipinski definition) is 2. The van der Waals surface area contributed by atoms with Crippen molar-refractivity contribution in [3.8, 4) is 0 Å². The van der Waals surface area contributed by atoms with Crippen molar-refractivity contribution in [2.24, 2.45) is 5.92 Å². The zero-order valence-electron chi connectivity index (χ0n) is 17.2. The Balaban J connectivity index is 1.84. The Hall–Kier alpha value is -3.09. The Morgan fingerprint density at radius 2 is 1.43 bits per heavy atom. The van der Waals surface area contributed by atoms with Gasteiger partial charge in [-0.1, -0.05) is 45.0 Å². The minimum atomic E-state index is -4.57. The molecule has 3 aromatic rings. The molecule has 0 aliphatic carbocycles. The number of nitrogens with one attached hydrogen (secondary N) is 2. The van der Waals surface area contributed by atoms with Crippen LogP contribution in [0.3, 0.4) is 0 Å². The monoisotopic (exact) mass is 414 g/mol. The van der Waals surface area contributed by atoms with Crippen molar-refractivity contribution >= 4 is 23.1 Å². The summed E-state index contributed by atoms with van der Waals surface area (Å²) in [5.41, 5.74) is 2.62. The number of anilines is 4. The second-order valence-corrected chi connectivity index (χ2v) is 7.55. The first kappa shape index (κ1) is 21.6. The van der Waals surface area contributed by atoms with E-state index >= 15 is 0 Å². The summed E-state index contributed by atoms with van der Waals surface area (Å²) < 4.78 is 40.3. The van der Waals surface area contributed by atoms with E-state index in [0.717, 1.165) is 24.6 Å². The summed E-state index contributed by atoms with van der Waals surface area (Å²) in [7, 11) is 0. The molecule has 4 nitrogen and oxygen atoms in total. The first-order chi connectivity index (χ1) is 14.2. The van der Waals surface area contributed by atoms with Gasteiger partial charge in [0, 0.05) is 17.6 Å².